The molecule has 1 aliphatic carbocycles. The lowest BCUT2D eigenvalue weighted by atomic mass is 9.62. The summed E-state index contributed by atoms with van der Waals surface area (Å²) in [4.78, 5) is 11.3. The zero-order chi connectivity index (χ0) is 9.60. The molecule has 2 fully saturated rings. The van der Waals surface area contributed by atoms with Crippen LogP contribution in [0.3, 0.4) is 0 Å². The van der Waals surface area contributed by atoms with Crippen LogP contribution in [0.5, 0.6) is 0 Å². The minimum atomic E-state index is -0.0312. The summed E-state index contributed by atoms with van der Waals surface area (Å²) in [5, 5.41) is 0. The molecule has 0 spiro atoms. The maximum Gasteiger partial charge on any atom is 0.307 e. The van der Waals surface area contributed by atoms with Crippen LogP contribution in [0.15, 0.2) is 30.3 Å². The molecule has 0 amide bonds. The minimum Gasteiger partial charge on any atom is -0.461 e. The Morgan fingerprint density at radius 1 is 1.29 bits per heavy atom. The number of hydrogen-bond donors (Lipinski definition) is 0. The van der Waals surface area contributed by atoms with E-state index in [2.05, 4.69) is 12.1 Å². The maximum absolute atomic E-state index is 11.3. The van der Waals surface area contributed by atoms with E-state index < -0.39 is 0 Å². The van der Waals surface area contributed by atoms with E-state index in [0.717, 1.165) is 12.8 Å². The van der Waals surface area contributed by atoms with E-state index in [0.29, 0.717) is 6.42 Å². The van der Waals surface area contributed by atoms with Crippen molar-refractivity contribution in [3.63, 3.8) is 0 Å². The first-order chi connectivity index (χ1) is 6.81. The normalized spacial score (nSPS) is 34.6. The lowest BCUT2D eigenvalue weighted by molar-refractivity contribution is -0.143. The summed E-state index contributed by atoms with van der Waals surface area (Å²) in [7, 11) is 0. The minimum absolute atomic E-state index is 0.0261. The third kappa shape index (κ3) is 0.884. The molecule has 0 bridgehead atoms. The summed E-state index contributed by atoms with van der Waals surface area (Å²) in [5.41, 5.74) is 1.29. The van der Waals surface area contributed by atoms with Crippen LogP contribution >= 0.6 is 0 Å². The van der Waals surface area contributed by atoms with Crippen LogP contribution in [-0.4, -0.2) is 12.1 Å². The molecule has 1 aliphatic heterocycles. The van der Waals surface area contributed by atoms with E-state index in [4.69, 9.17) is 4.74 Å². The summed E-state index contributed by atoms with van der Waals surface area (Å²) in [6.07, 6.45) is 2.84. The molecule has 2 aliphatic rings. The Kier molecular flexibility index (Phi) is 1.49. The van der Waals surface area contributed by atoms with Crippen LogP contribution < -0.4 is 0 Å². The molecule has 2 nitrogen and oxygen atoms in total. The second-order valence-electron chi connectivity index (χ2n) is 4.22. The smallest absolute Gasteiger partial charge is 0.307 e. The van der Waals surface area contributed by atoms with Crippen molar-refractivity contribution in [3.05, 3.63) is 35.9 Å². The van der Waals surface area contributed by atoms with Crippen molar-refractivity contribution >= 4 is 5.97 Å². The Morgan fingerprint density at radius 3 is 2.64 bits per heavy atom. The quantitative estimate of drug-likeness (QED) is 0.630. The predicted octanol–water partition coefficient (Wildman–Crippen LogP) is 2.03. The van der Waals surface area contributed by atoms with E-state index in [1.165, 1.54) is 5.56 Å². The number of benzene rings is 1. The van der Waals surface area contributed by atoms with Crippen molar-refractivity contribution in [1.29, 1.82) is 0 Å². The third-order valence-corrected chi connectivity index (χ3v) is 3.55. The van der Waals surface area contributed by atoms with Crippen molar-refractivity contribution in [2.75, 3.05) is 0 Å². The highest BCUT2D eigenvalue weighted by Crippen LogP contribution is 2.52. The van der Waals surface area contributed by atoms with Gasteiger partial charge in [0, 0.05) is 5.41 Å². The van der Waals surface area contributed by atoms with Crippen molar-refractivity contribution in [1.82, 2.24) is 0 Å². The molecular formula is C12H12O2. The highest BCUT2D eigenvalue weighted by Gasteiger charge is 2.56. The average molecular weight is 188 g/mol. The van der Waals surface area contributed by atoms with Gasteiger partial charge in [0.15, 0.2) is 0 Å². The molecule has 72 valence electrons. The van der Waals surface area contributed by atoms with Gasteiger partial charge in [-0.1, -0.05) is 30.3 Å². The van der Waals surface area contributed by atoms with Gasteiger partial charge in [-0.15, -0.1) is 0 Å². The number of esters is 1. The van der Waals surface area contributed by atoms with E-state index in [1.807, 2.05) is 18.2 Å². The predicted molar refractivity (Wildman–Crippen MR) is 51.9 cm³/mol. The second kappa shape index (κ2) is 2.59. The summed E-state index contributed by atoms with van der Waals surface area (Å²) >= 11 is 0. The van der Waals surface area contributed by atoms with Crippen LogP contribution in [-0.2, 0) is 14.9 Å². The average Bonchev–Trinajstić information content (AvgIpc) is 2.43. The van der Waals surface area contributed by atoms with Crippen LogP contribution in [0.1, 0.15) is 24.8 Å². The highest BCUT2D eigenvalue weighted by atomic mass is 16.6. The molecular weight excluding hydrogens is 176 g/mol. The molecule has 0 radical (unpaired) electrons. The van der Waals surface area contributed by atoms with Crippen molar-refractivity contribution < 1.29 is 9.53 Å². The number of ether oxygens (including phenoxy) is 1. The van der Waals surface area contributed by atoms with Gasteiger partial charge in [0.1, 0.15) is 6.10 Å². The molecule has 1 heterocycles. The first-order valence-electron chi connectivity index (χ1n) is 5.06. The van der Waals surface area contributed by atoms with Gasteiger partial charge < -0.3 is 4.74 Å². The largest absolute Gasteiger partial charge is 0.461 e. The number of carbonyl (C=O) groups is 1. The van der Waals surface area contributed by atoms with Gasteiger partial charge in [-0.2, -0.15) is 0 Å². The molecule has 1 saturated carbocycles. The maximum atomic E-state index is 11.3. The Hall–Kier alpha value is -1.31. The lowest BCUT2D eigenvalue weighted by Gasteiger charge is -2.42. The van der Waals surface area contributed by atoms with Crippen molar-refractivity contribution in [2.24, 2.45) is 0 Å². The molecule has 2 unspecified atom stereocenters. The van der Waals surface area contributed by atoms with Crippen LogP contribution in [0.2, 0.25) is 0 Å². The van der Waals surface area contributed by atoms with Gasteiger partial charge in [0.25, 0.3) is 0 Å². The molecule has 2 heteroatoms. The number of hydrogen-bond acceptors (Lipinski definition) is 2. The molecule has 1 saturated heterocycles. The van der Waals surface area contributed by atoms with E-state index in [9.17, 15) is 4.79 Å². The number of rotatable bonds is 1. The number of fused-ring (bicyclic) bond motifs is 1. The summed E-state index contributed by atoms with van der Waals surface area (Å²) in [5.74, 6) is -0.0312. The molecule has 1 aromatic rings. The molecule has 2 atom stereocenters. The Labute approximate surface area is 82.9 Å². The zero-order valence-electron chi connectivity index (χ0n) is 7.90. The van der Waals surface area contributed by atoms with E-state index >= 15 is 0 Å². The Balaban J connectivity index is 2.02. The first kappa shape index (κ1) is 8.04. The van der Waals surface area contributed by atoms with Gasteiger partial charge in [0.05, 0.1) is 6.42 Å². The van der Waals surface area contributed by atoms with Gasteiger partial charge in [-0.25, -0.2) is 0 Å². The van der Waals surface area contributed by atoms with Gasteiger partial charge in [-0.3, -0.25) is 4.79 Å². The van der Waals surface area contributed by atoms with Crippen molar-refractivity contribution in [3.8, 4) is 0 Å². The fraction of sp³-hybridized carbons (Fsp3) is 0.417. The standard InChI is InChI=1S/C12H12O2/c13-11-8-12(7-6-10(12)14-11)9-4-2-1-3-5-9/h1-5,10H,6-8H2. The first-order valence-corrected chi connectivity index (χ1v) is 5.06. The highest BCUT2D eigenvalue weighted by molar-refractivity contribution is 5.75. The van der Waals surface area contributed by atoms with E-state index in [-0.39, 0.29) is 17.5 Å². The SMILES string of the molecule is O=C1CC2(c3ccccc3)CCC2O1. The Morgan fingerprint density at radius 2 is 2.07 bits per heavy atom. The molecule has 3 rings (SSSR count). The van der Waals surface area contributed by atoms with Gasteiger partial charge >= 0.3 is 5.97 Å². The molecule has 0 aromatic heterocycles. The number of carbonyl (C=O) groups excluding carboxylic acids is 1. The zero-order valence-corrected chi connectivity index (χ0v) is 7.90. The topological polar surface area (TPSA) is 26.3 Å². The van der Waals surface area contributed by atoms with Crippen LogP contribution in [0.25, 0.3) is 0 Å². The Bertz CT molecular complexity index is 371. The molecule has 1 aromatic carbocycles. The van der Waals surface area contributed by atoms with Crippen LogP contribution in [0, 0.1) is 0 Å². The van der Waals surface area contributed by atoms with Crippen LogP contribution in [0.4, 0.5) is 0 Å². The summed E-state index contributed by atoms with van der Waals surface area (Å²) in [6, 6.07) is 10.3. The summed E-state index contributed by atoms with van der Waals surface area (Å²) < 4.78 is 5.28. The fourth-order valence-electron chi connectivity index (χ4n) is 2.64. The van der Waals surface area contributed by atoms with E-state index in [1.54, 1.807) is 0 Å². The monoisotopic (exact) mass is 188 g/mol. The van der Waals surface area contributed by atoms with Gasteiger partial charge in [0.2, 0.25) is 0 Å². The fourth-order valence-corrected chi connectivity index (χ4v) is 2.64. The van der Waals surface area contributed by atoms with Gasteiger partial charge in [-0.05, 0) is 18.4 Å². The van der Waals surface area contributed by atoms with Crippen molar-refractivity contribution in [2.45, 2.75) is 30.8 Å². The molecule has 14 heavy (non-hydrogen) atoms. The second-order valence-corrected chi connectivity index (χ2v) is 4.22. The third-order valence-electron chi connectivity index (χ3n) is 3.55. The summed E-state index contributed by atoms with van der Waals surface area (Å²) in [6.45, 7) is 0. The molecule has 0 N–H and O–H groups in total. The lowest BCUT2D eigenvalue weighted by Crippen LogP contribution is -2.45.